The van der Waals surface area contributed by atoms with Gasteiger partial charge < -0.3 is 15.0 Å². The number of rotatable bonds is 7. The van der Waals surface area contributed by atoms with Gasteiger partial charge in [-0.25, -0.2) is 4.79 Å². The van der Waals surface area contributed by atoms with Crippen LogP contribution in [0.5, 0.6) is 0 Å². The molecule has 3 aromatic carbocycles. The summed E-state index contributed by atoms with van der Waals surface area (Å²) in [5, 5.41) is 3.44. The largest absolute Gasteiger partial charge is 0.462 e. The molecule has 1 saturated heterocycles. The first-order chi connectivity index (χ1) is 16.9. The van der Waals surface area contributed by atoms with Crippen LogP contribution in [0.15, 0.2) is 66.7 Å². The quantitative estimate of drug-likeness (QED) is 0.405. The van der Waals surface area contributed by atoms with Gasteiger partial charge in [0, 0.05) is 22.8 Å². The van der Waals surface area contributed by atoms with E-state index in [2.05, 4.69) is 5.32 Å². The van der Waals surface area contributed by atoms with Crippen LogP contribution in [0.3, 0.4) is 0 Å². The summed E-state index contributed by atoms with van der Waals surface area (Å²) in [6.45, 7) is 4.38. The van der Waals surface area contributed by atoms with Crippen molar-refractivity contribution < 1.29 is 19.1 Å². The minimum atomic E-state index is -0.391. The van der Waals surface area contributed by atoms with E-state index in [0.717, 1.165) is 16.7 Å². The normalized spacial score (nSPS) is 15.2. The Morgan fingerprint density at radius 2 is 1.74 bits per heavy atom. The Labute approximate surface area is 213 Å². The molecule has 0 bridgehead atoms. The fraction of sp³-hybridized carbons (Fsp3) is 0.222. The van der Waals surface area contributed by atoms with Crippen molar-refractivity contribution in [3.05, 3.63) is 99.6 Å². The molecule has 4 rings (SSSR count). The number of hydrogen-bond donors (Lipinski definition) is 1. The number of carbonyl (C=O) groups is 3. The number of aryl methyl sites for hydroxylation is 1. The zero-order valence-electron chi connectivity index (χ0n) is 19.4. The third-order valence-electron chi connectivity index (χ3n) is 5.68. The average molecular weight is 509 g/mol. The number of amides is 2. The topological polar surface area (TPSA) is 75.7 Å². The number of nitrogens with one attached hydrogen (secondary N) is 1. The summed E-state index contributed by atoms with van der Waals surface area (Å²) in [4.78, 5) is 39.1. The number of halogens is 1. The van der Waals surface area contributed by atoms with E-state index in [1.54, 1.807) is 49.0 Å². The van der Waals surface area contributed by atoms with Crippen molar-refractivity contribution in [3.8, 4) is 0 Å². The van der Waals surface area contributed by atoms with E-state index < -0.39 is 5.97 Å². The van der Waals surface area contributed by atoms with Crippen LogP contribution in [0, 0.1) is 6.92 Å². The maximum Gasteiger partial charge on any atom is 0.338 e. The lowest BCUT2D eigenvalue weighted by Crippen LogP contribution is -2.27. The number of esters is 1. The molecule has 1 aliphatic heterocycles. The van der Waals surface area contributed by atoms with Gasteiger partial charge in [-0.2, -0.15) is 0 Å². The van der Waals surface area contributed by atoms with Crippen LogP contribution >= 0.6 is 23.4 Å². The highest BCUT2D eigenvalue weighted by molar-refractivity contribution is 8.00. The van der Waals surface area contributed by atoms with Gasteiger partial charge in [-0.15, -0.1) is 11.8 Å². The second kappa shape index (κ2) is 11.0. The molecule has 3 aromatic rings. The van der Waals surface area contributed by atoms with Gasteiger partial charge >= 0.3 is 5.97 Å². The molecular weight excluding hydrogens is 484 g/mol. The van der Waals surface area contributed by atoms with Gasteiger partial charge in [0.2, 0.25) is 5.91 Å². The maximum atomic E-state index is 12.8. The van der Waals surface area contributed by atoms with Gasteiger partial charge in [0.05, 0.1) is 17.9 Å². The van der Waals surface area contributed by atoms with Crippen molar-refractivity contribution in [1.82, 2.24) is 4.90 Å². The number of anilines is 1. The summed E-state index contributed by atoms with van der Waals surface area (Å²) in [7, 11) is 0. The van der Waals surface area contributed by atoms with Crippen LogP contribution in [0.1, 0.15) is 49.7 Å². The molecule has 1 unspecified atom stereocenters. The Kier molecular flexibility index (Phi) is 7.78. The third kappa shape index (κ3) is 5.86. The Hall–Kier alpha value is -3.29. The number of nitrogens with zero attached hydrogens (tertiary/aromatic N) is 1. The molecule has 8 heteroatoms. The van der Waals surface area contributed by atoms with Crippen molar-refractivity contribution in [1.29, 1.82) is 0 Å². The van der Waals surface area contributed by atoms with Crippen molar-refractivity contribution in [2.24, 2.45) is 0 Å². The predicted octanol–water partition coefficient (Wildman–Crippen LogP) is 5.85. The molecule has 1 heterocycles. The molecule has 1 fully saturated rings. The summed E-state index contributed by atoms with van der Waals surface area (Å²) in [6, 6.07) is 19.8. The van der Waals surface area contributed by atoms with Gasteiger partial charge in [-0.1, -0.05) is 35.9 Å². The molecule has 0 spiro atoms. The molecule has 0 aliphatic carbocycles. The highest BCUT2D eigenvalue weighted by atomic mass is 35.5. The minimum absolute atomic E-state index is 0.0820. The van der Waals surface area contributed by atoms with Gasteiger partial charge in [0.15, 0.2) is 0 Å². The summed E-state index contributed by atoms with van der Waals surface area (Å²) >= 11 is 7.55. The molecule has 0 aromatic heterocycles. The van der Waals surface area contributed by atoms with Crippen LogP contribution < -0.4 is 5.32 Å². The van der Waals surface area contributed by atoms with E-state index in [1.807, 2.05) is 48.2 Å². The summed E-state index contributed by atoms with van der Waals surface area (Å²) in [6.07, 6.45) is 0. The Morgan fingerprint density at radius 1 is 1.06 bits per heavy atom. The van der Waals surface area contributed by atoms with Gasteiger partial charge in [0.1, 0.15) is 5.37 Å². The van der Waals surface area contributed by atoms with Crippen molar-refractivity contribution in [3.63, 3.8) is 0 Å². The van der Waals surface area contributed by atoms with Crippen LogP contribution in [0.4, 0.5) is 5.69 Å². The van der Waals surface area contributed by atoms with Crippen molar-refractivity contribution >= 4 is 46.8 Å². The first-order valence-electron chi connectivity index (χ1n) is 11.2. The zero-order valence-corrected chi connectivity index (χ0v) is 21.0. The lowest BCUT2D eigenvalue weighted by Gasteiger charge is -2.24. The van der Waals surface area contributed by atoms with Crippen LogP contribution in [0.2, 0.25) is 5.02 Å². The highest BCUT2D eigenvalue weighted by Crippen LogP contribution is 2.39. The maximum absolute atomic E-state index is 12.8. The molecule has 2 amide bonds. The Morgan fingerprint density at radius 3 is 2.40 bits per heavy atom. The zero-order chi connectivity index (χ0) is 24.9. The Balaban J connectivity index is 1.44. The first-order valence-corrected chi connectivity index (χ1v) is 12.6. The van der Waals surface area contributed by atoms with Crippen molar-refractivity contribution in [2.75, 3.05) is 17.7 Å². The van der Waals surface area contributed by atoms with Crippen LogP contribution in [-0.4, -0.2) is 35.0 Å². The fourth-order valence-electron chi connectivity index (χ4n) is 3.83. The summed E-state index contributed by atoms with van der Waals surface area (Å²) in [5.74, 6) is -0.144. The third-order valence-corrected chi connectivity index (χ3v) is 7.19. The van der Waals surface area contributed by atoms with E-state index in [1.165, 1.54) is 0 Å². The molecule has 180 valence electrons. The lowest BCUT2D eigenvalue weighted by molar-refractivity contribution is -0.128. The van der Waals surface area contributed by atoms with E-state index in [4.69, 9.17) is 16.3 Å². The smallest absolute Gasteiger partial charge is 0.338 e. The second-order valence-electron chi connectivity index (χ2n) is 8.14. The Bertz CT molecular complexity index is 1250. The number of hydrogen-bond acceptors (Lipinski definition) is 5. The standard InChI is InChI=1S/C27H25ClN2O4S/c1-3-34-27(33)21-10-13-23(17(2)14-21)29-25(32)19-6-8-20(9-7-19)26-30(24(31)16-35-26)15-18-4-11-22(28)12-5-18/h4-14,26H,3,15-16H2,1-2H3,(H,29,32). The van der Waals surface area contributed by atoms with Gasteiger partial charge in [0.25, 0.3) is 5.91 Å². The lowest BCUT2D eigenvalue weighted by atomic mass is 10.1. The van der Waals surface area contributed by atoms with Gasteiger partial charge in [-0.05, 0) is 73.0 Å². The van der Waals surface area contributed by atoms with E-state index >= 15 is 0 Å². The molecule has 6 nitrogen and oxygen atoms in total. The molecule has 0 radical (unpaired) electrons. The number of benzene rings is 3. The SMILES string of the molecule is CCOC(=O)c1ccc(NC(=O)c2ccc(C3SCC(=O)N3Cc3ccc(Cl)cc3)cc2)c(C)c1. The molecule has 1 aliphatic rings. The molecular formula is C27H25ClN2O4S. The first kappa shape index (κ1) is 24.8. The monoisotopic (exact) mass is 508 g/mol. The van der Waals surface area contributed by atoms with Gasteiger partial charge in [-0.3, -0.25) is 9.59 Å². The number of thioether (sulfide) groups is 1. The number of carbonyl (C=O) groups excluding carboxylic acids is 3. The molecule has 35 heavy (non-hydrogen) atoms. The fourth-order valence-corrected chi connectivity index (χ4v) is 5.14. The molecule has 0 saturated carbocycles. The molecule has 1 atom stereocenters. The highest BCUT2D eigenvalue weighted by Gasteiger charge is 2.32. The average Bonchev–Trinajstić information content (AvgIpc) is 3.21. The van der Waals surface area contributed by atoms with E-state index in [0.29, 0.717) is 40.7 Å². The summed E-state index contributed by atoms with van der Waals surface area (Å²) < 4.78 is 5.02. The number of ether oxygens (including phenoxy) is 1. The van der Waals surface area contributed by atoms with E-state index in [9.17, 15) is 14.4 Å². The molecule has 1 N–H and O–H groups in total. The van der Waals surface area contributed by atoms with E-state index in [-0.39, 0.29) is 17.2 Å². The van der Waals surface area contributed by atoms with Crippen LogP contribution in [0.25, 0.3) is 0 Å². The predicted molar refractivity (Wildman–Crippen MR) is 139 cm³/mol. The summed E-state index contributed by atoms with van der Waals surface area (Å²) in [5.41, 5.74) is 4.30. The minimum Gasteiger partial charge on any atom is -0.462 e. The van der Waals surface area contributed by atoms with Crippen molar-refractivity contribution in [2.45, 2.75) is 25.8 Å². The second-order valence-corrected chi connectivity index (χ2v) is 9.64. The van der Waals surface area contributed by atoms with Crippen LogP contribution in [-0.2, 0) is 16.1 Å².